The lowest BCUT2D eigenvalue weighted by Crippen LogP contribution is -2.47. The molecule has 0 spiro atoms. The highest BCUT2D eigenvalue weighted by Crippen LogP contribution is 2.35. The molecule has 0 unspecified atom stereocenters. The molecule has 2 aromatic carbocycles. The second-order valence-corrected chi connectivity index (χ2v) is 13.5. The normalized spacial score (nSPS) is 17.1. The molecule has 0 aliphatic carbocycles. The molecule has 0 atom stereocenters. The van der Waals surface area contributed by atoms with Crippen LogP contribution in [-0.4, -0.2) is 103 Å². The van der Waals surface area contributed by atoms with E-state index in [1.165, 1.54) is 22.5 Å². The molecule has 7 heteroatoms. The lowest BCUT2D eigenvalue weighted by atomic mass is 9.87. The molecule has 2 aliphatic rings. The molecule has 0 N–H and O–H groups in total. The minimum absolute atomic E-state index is 0.144. The smallest absolute Gasteiger partial charge is 0.142 e. The number of hydrogen-bond acceptors (Lipinski definition) is 7. The number of benzene rings is 2. The summed E-state index contributed by atoms with van der Waals surface area (Å²) in [7, 11) is 5.30. The molecule has 2 saturated heterocycles. The third-order valence-electron chi connectivity index (χ3n) is 8.58. The van der Waals surface area contributed by atoms with Crippen molar-refractivity contribution in [2.75, 3.05) is 103 Å². The van der Waals surface area contributed by atoms with Gasteiger partial charge in [-0.1, -0.05) is 60.6 Å². The van der Waals surface area contributed by atoms with Crippen molar-refractivity contribution >= 4 is 11.4 Å². The van der Waals surface area contributed by atoms with Gasteiger partial charge in [-0.25, -0.2) is 0 Å². The van der Waals surface area contributed by atoms with E-state index in [4.69, 9.17) is 14.2 Å². The van der Waals surface area contributed by atoms with Crippen LogP contribution in [0.1, 0.15) is 59.6 Å². The molecule has 0 amide bonds. The summed E-state index contributed by atoms with van der Waals surface area (Å²) in [6.45, 7) is 27.3. The Kier molecular flexibility index (Phi) is 12.4. The van der Waals surface area contributed by atoms with Gasteiger partial charge in [0.15, 0.2) is 0 Å². The predicted molar refractivity (Wildman–Crippen MR) is 178 cm³/mol. The summed E-state index contributed by atoms with van der Waals surface area (Å²) in [5, 5.41) is 0. The number of nitrogens with zero attached hydrogens (tertiary/aromatic N) is 4. The van der Waals surface area contributed by atoms with Crippen LogP contribution in [0.5, 0.6) is 11.5 Å². The number of ether oxygens (including phenoxy) is 3. The van der Waals surface area contributed by atoms with Crippen LogP contribution >= 0.6 is 0 Å². The van der Waals surface area contributed by atoms with Crippen LogP contribution in [0.25, 0.3) is 0 Å². The van der Waals surface area contributed by atoms with Crippen LogP contribution in [0.2, 0.25) is 0 Å². The summed E-state index contributed by atoms with van der Waals surface area (Å²) in [4.78, 5) is 9.81. The second kappa shape index (κ2) is 15.3. The highest BCUT2D eigenvalue weighted by atomic mass is 16.5. The topological polar surface area (TPSA) is 40.7 Å². The SMILES string of the molecule is CCN1CCN(c2ccc(C(C)(C)C)cc2OC)CC1.COCCN1CCN(c2ccc(C(C)(C)C)cc2OC)CC1. The van der Waals surface area contributed by atoms with E-state index in [1.807, 2.05) is 0 Å². The molecular weight excluding hydrogens is 524 g/mol. The largest absolute Gasteiger partial charge is 0.495 e. The van der Waals surface area contributed by atoms with Gasteiger partial charge in [-0.15, -0.1) is 0 Å². The lowest BCUT2D eigenvalue weighted by Gasteiger charge is -2.36. The zero-order valence-electron chi connectivity index (χ0n) is 28.3. The van der Waals surface area contributed by atoms with E-state index in [2.05, 4.69) is 104 Å². The Labute approximate surface area is 256 Å². The fourth-order valence-electron chi connectivity index (χ4n) is 5.55. The summed E-state index contributed by atoms with van der Waals surface area (Å²) in [6.07, 6.45) is 0. The molecular formula is C35H58N4O3. The maximum atomic E-state index is 5.65. The Morgan fingerprint density at radius 3 is 1.33 bits per heavy atom. The molecule has 0 saturated carbocycles. The van der Waals surface area contributed by atoms with Gasteiger partial charge in [0.2, 0.25) is 0 Å². The van der Waals surface area contributed by atoms with Crippen molar-refractivity contribution in [3.63, 3.8) is 0 Å². The van der Waals surface area contributed by atoms with Gasteiger partial charge >= 0.3 is 0 Å². The Morgan fingerprint density at radius 2 is 1.00 bits per heavy atom. The minimum atomic E-state index is 0.144. The van der Waals surface area contributed by atoms with Crippen LogP contribution in [0.15, 0.2) is 36.4 Å². The Hall–Kier alpha value is -2.48. The van der Waals surface area contributed by atoms with Crippen molar-refractivity contribution < 1.29 is 14.2 Å². The Balaban J connectivity index is 0.000000231. The van der Waals surface area contributed by atoms with E-state index in [0.29, 0.717) is 0 Å². The fourth-order valence-corrected chi connectivity index (χ4v) is 5.55. The van der Waals surface area contributed by atoms with Gasteiger partial charge in [0, 0.05) is 66.0 Å². The maximum Gasteiger partial charge on any atom is 0.142 e. The summed E-state index contributed by atoms with van der Waals surface area (Å²) in [5.74, 6) is 1.99. The molecule has 2 heterocycles. The number of likely N-dealkylation sites (N-methyl/N-ethyl adjacent to an activating group) is 1. The van der Waals surface area contributed by atoms with Crippen molar-refractivity contribution in [3.05, 3.63) is 47.5 Å². The van der Waals surface area contributed by atoms with Crippen molar-refractivity contribution in [2.45, 2.75) is 59.3 Å². The number of methoxy groups -OCH3 is 3. The van der Waals surface area contributed by atoms with Crippen molar-refractivity contribution in [1.82, 2.24) is 9.80 Å². The predicted octanol–water partition coefficient (Wildman–Crippen LogP) is 5.90. The first-order valence-electron chi connectivity index (χ1n) is 15.7. The Morgan fingerprint density at radius 1 is 0.595 bits per heavy atom. The average Bonchev–Trinajstić information content (AvgIpc) is 2.99. The van der Waals surface area contributed by atoms with E-state index in [-0.39, 0.29) is 10.8 Å². The van der Waals surface area contributed by atoms with E-state index in [0.717, 1.165) is 83.6 Å². The molecule has 2 aromatic rings. The van der Waals surface area contributed by atoms with Crippen LogP contribution in [0.4, 0.5) is 11.4 Å². The summed E-state index contributed by atoms with van der Waals surface area (Å²) < 4.78 is 16.4. The van der Waals surface area contributed by atoms with Gasteiger partial charge in [-0.05, 0) is 52.8 Å². The first-order valence-corrected chi connectivity index (χ1v) is 15.7. The van der Waals surface area contributed by atoms with Gasteiger partial charge in [-0.2, -0.15) is 0 Å². The zero-order chi connectivity index (χ0) is 30.9. The van der Waals surface area contributed by atoms with Gasteiger partial charge in [0.05, 0.1) is 32.2 Å². The number of anilines is 2. The standard InChI is InChI=1S/C18H30N2O2.C17H28N2O/c1-18(2,3)15-6-7-16(17(14-15)22-5)20-10-8-19(9-11-20)12-13-21-4;1-6-18-9-11-19(12-10-18)15-8-7-14(17(2,3)4)13-16(15)20-5/h6-7,14H,8-13H2,1-5H3;7-8,13H,6,9-12H2,1-5H3. The summed E-state index contributed by atoms with van der Waals surface area (Å²) in [6, 6.07) is 13.3. The Bertz CT molecular complexity index is 1090. The first kappa shape index (κ1) is 34.0. The van der Waals surface area contributed by atoms with Gasteiger partial charge in [-0.3, -0.25) is 4.90 Å². The molecule has 7 nitrogen and oxygen atoms in total. The highest BCUT2D eigenvalue weighted by Gasteiger charge is 2.23. The van der Waals surface area contributed by atoms with Crippen molar-refractivity contribution in [2.24, 2.45) is 0 Å². The zero-order valence-corrected chi connectivity index (χ0v) is 28.3. The van der Waals surface area contributed by atoms with Crippen molar-refractivity contribution in [3.8, 4) is 11.5 Å². The quantitative estimate of drug-likeness (QED) is 0.384. The monoisotopic (exact) mass is 582 g/mol. The van der Waals surface area contributed by atoms with Crippen LogP contribution in [0.3, 0.4) is 0 Å². The molecule has 0 aromatic heterocycles. The molecule has 42 heavy (non-hydrogen) atoms. The van der Waals surface area contributed by atoms with Crippen LogP contribution in [-0.2, 0) is 15.6 Å². The number of piperazine rings is 2. The minimum Gasteiger partial charge on any atom is -0.495 e. The lowest BCUT2D eigenvalue weighted by molar-refractivity contribution is 0.144. The first-order chi connectivity index (χ1) is 19.9. The molecule has 2 aliphatic heterocycles. The molecule has 0 bridgehead atoms. The third kappa shape index (κ3) is 9.26. The van der Waals surface area contributed by atoms with Gasteiger partial charge < -0.3 is 28.9 Å². The number of hydrogen-bond donors (Lipinski definition) is 0. The fraction of sp³-hybridized carbons (Fsp3) is 0.657. The van der Waals surface area contributed by atoms with E-state index in [1.54, 1.807) is 21.3 Å². The van der Waals surface area contributed by atoms with Crippen LogP contribution < -0.4 is 19.3 Å². The highest BCUT2D eigenvalue weighted by molar-refractivity contribution is 5.61. The summed E-state index contributed by atoms with van der Waals surface area (Å²) in [5.41, 5.74) is 5.38. The third-order valence-corrected chi connectivity index (χ3v) is 8.58. The second-order valence-electron chi connectivity index (χ2n) is 13.5. The molecule has 0 radical (unpaired) electrons. The average molecular weight is 583 g/mol. The van der Waals surface area contributed by atoms with Crippen LogP contribution in [0, 0.1) is 0 Å². The molecule has 236 valence electrons. The maximum absolute atomic E-state index is 5.65. The van der Waals surface area contributed by atoms with E-state index in [9.17, 15) is 0 Å². The number of rotatable bonds is 8. The molecule has 4 rings (SSSR count). The van der Waals surface area contributed by atoms with Gasteiger partial charge in [0.1, 0.15) is 11.5 Å². The molecule has 2 fully saturated rings. The van der Waals surface area contributed by atoms with E-state index >= 15 is 0 Å². The van der Waals surface area contributed by atoms with Gasteiger partial charge in [0.25, 0.3) is 0 Å². The van der Waals surface area contributed by atoms with E-state index < -0.39 is 0 Å². The summed E-state index contributed by atoms with van der Waals surface area (Å²) >= 11 is 0. The van der Waals surface area contributed by atoms with Crippen molar-refractivity contribution in [1.29, 1.82) is 0 Å².